The van der Waals surface area contributed by atoms with Crippen LogP contribution in [-0.4, -0.2) is 22.4 Å². The molecule has 0 fully saturated rings. The van der Waals surface area contributed by atoms with Crippen molar-refractivity contribution in [2.45, 2.75) is 25.7 Å². The summed E-state index contributed by atoms with van der Waals surface area (Å²) >= 11 is 0. The van der Waals surface area contributed by atoms with Gasteiger partial charge >= 0.3 is 0 Å². The van der Waals surface area contributed by atoms with E-state index in [0.29, 0.717) is 0 Å². The first-order valence-corrected chi connectivity index (χ1v) is 5.20. The molecule has 1 heterocycles. The first-order valence-electron chi connectivity index (χ1n) is 5.20. The van der Waals surface area contributed by atoms with E-state index >= 15 is 0 Å². The molecule has 0 aromatic carbocycles. The minimum Gasteiger partial charge on any atom is -0.411 e. The summed E-state index contributed by atoms with van der Waals surface area (Å²) in [6, 6.07) is 3.69. The number of aromatic nitrogens is 1. The van der Waals surface area contributed by atoms with Crippen molar-refractivity contribution in [1.82, 2.24) is 4.98 Å². The van der Waals surface area contributed by atoms with Crippen LogP contribution in [-0.2, 0) is 0 Å². The zero-order valence-corrected chi connectivity index (χ0v) is 8.76. The van der Waals surface area contributed by atoms with Gasteiger partial charge in [-0.2, -0.15) is 0 Å². The molecule has 1 aromatic rings. The SMILES string of the molecule is NCCCCC/C(=N/O)c1ccncc1. The van der Waals surface area contributed by atoms with Crippen LogP contribution in [0.25, 0.3) is 0 Å². The molecule has 0 aliphatic carbocycles. The van der Waals surface area contributed by atoms with Crippen LogP contribution in [0.2, 0.25) is 0 Å². The summed E-state index contributed by atoms with van der Waals surface area (Å²) in [5.41, 5.74) is 7.05. The van der Waals surface area contributed by atoms with Crippen molar-refractivity contribution in [3.8, 4) is 0 Å². The van der Waals surface area contributed by atoms with Crippen molar-refractivity contribution in [2.24, 2.45) is 10.9 Å². The van der Waals surface area contributed by atoms with E-state index in [1.165, 1.54) is 0 Å². The summed E-state index contributed by atoms with van der Waals surface area (Å²) in [5, 5.41) is 12.2. The Kier molecular flexibility index (Phi) is 5.40. The topological polar surface area (TPSA) is 71.5 Å². The molecule has 0 aliphatic rings. The van der Waals surface area contributed by atoms with Crippen molar-refractivity contribution in [3.05, 3.63) is 30.1 Å². The van der Waals surface area contributed by atoms with Crippen LogP contribution in [0.1, 0.15) is 31.2 Å². The number of hydrogen-bond acceptors (Lipinski definition) is 4. The molecule has 0 atom stereocenters. The predicted octanol–water partition coefficient (Wildman–Crippen LogP) is 1.78. The molecule has 82 valence electrons. The van der Waals surface area contributed by atoms with Crippen molar-refractivity contribution in [2.75, 3.05) is 6.54 Å². The fourth-order valence-electron chi connectivity index (χ4n) is 1.41. The minimum atomic E-state index is 0.717. The summed E-state index contributed by atoms with van der Waals surface area (Å²) in [6.45, 7) is 0.723. The molecule has 3 N–H and O–H groups in total. The van der Waals surface area contributed by atoms with Gasteiger partial charge in [0, 0.05) is 18.0 Å². The Hall–Kier alpha value is -1.42. The highest BCUT2D eigenvalue weighted by molar-refractivity contribution is 5.99. The molecule has 0 spiro atoms. The first kappa shape index (κ1) is 11.7. The number of nitrogens with zero attached hydrogens (tertiary/aromatic N) is 2. The third-order valence-corrected chi connectivity index (χ3v) is 2.25. The fourth-order valence-corrected chi connectivity index (χ4v) is 1.41. The van der Waals surface area contributed by atoms with Gasteiger partial charge in [-0.1, -0.05) is 11.6 Å². The van der Waals surface area contributed by atoms with E-state index in [1.54, 1.807) is 12.4 Å². The van der Waals surface area contributed by atoms with Gasteiger partial charge in [0.2, 0.25) is 0 Å². The normalized spacial score (nSPS) is 11.7. The summed E-state index contributed by atoms with van der Waals surface area (Å²) in [4.78, 5) is 3.92. The van der Waals surface area contributed by atoms with Crippen LogP contribution in [0, 0.1) is 0 Å². The van der Waals surface area contributed by atoms with Crippen molar-refractivity contribution in [3.63, 3.8) is 0 Å². The fraction of sp³-hybridized carbons (Fsp3) is 0.455. The highest BCUT2D eigenvalue weighted by Crippen LogP contribution is 2.07. The molecule has 1 rings (SSSR count). The summed E-state index contributed by atoms with van der Waals surface area (Å²) in [7, 11) is 0. The van der Waals surface area contributed by atoms with Crippen LogP contribution >= 0.6 is 0 Å². The van der Waals surface area contributed by atoms with E-state index in [1.807, 2.05) is 12.1 Å². The Morgan fingerprint density at radius 3 is 2.60 bits per heavy atom. The Labute approximate surface area is 89.8 Å². The smallest absolute Gasteiger partial charge is 0.0868 e. The second-order valence-corrected chi connectivity index (χ2v) is 3.38. The van der Waals surface area contributed by atoms with E-state index in [0.717, 1.165) is 43.5 Å². The molecule has 0 aliphatic heterocycles. The van der Waals surface area contributed by atoms with Gasteiger partial charge in [-0.05, 0) is 37.9 Å². The monoisotopic (exact) mass is 207 g/mol. The van der Waals surface area contributed by atoms with Crippen LogP contribution in [0.4, 0.5) is 0 Å². The number of nitrogens with two attached hydrogens (primary N) is 1. The lowest BCUT2D eigenvalue weighted by atomic mass is 10.1. The third kappa shape index (κ3) is 4.08. The molecule has 15 heavy (non-hydrogen) atoms. The van der Waals surface area contributed by atoms with Gasteiger partial charge in [0.15, 0.2) is 0 Å². The van der Waals surface area contributed by atoms with E-state index < -0.39 is 0 Å². The van der Waals surface area contributed by atoms with E-state index in [9.17, 15) is 0 Å². The van der Waals surface area contributed by atoms with Crippen molar-refractivity contribution >= 4 is 5.71 Å². The maximum absolute atomic E-state index is 8.88. The van der Waals surface area contributed by atoms with Crippen LogP contribution in [0.3, 0.4) is 0 Å². The Bertz CT molecular complexity index is 298. The molecule has 0 saturated carbocycles. The highest BCUT2D eigenvalue weighted by Gasteiger charge is 2.03. The van der Waals surface area contributed by atoms with Gasteiger partial charge in [0.1, 0.15) is 0 Å². The molecule has 0 saturated heterocycles. The van der Waals surface area contributed by atoms with Gasteiger partial charge in [-0.25, -0.2) is 0 Å². The first-order chi connectivity index (χ1) is 7.38. The van der Waals surface area contributed by atoms with E-state index in [2.05, 4.69) is 10.1 Å². The number of unbranched alkanes of at least 4 members (excludes halogenated alkanes) is 2. The lowest BCUT2D eigenvalue weighted by Crippen LogP contribution is -2.02. The van der Waals surface area contributed by atoms with E-state index in [-0.39, 0.29) is 0 Å². The van der Waals surface area contributed by atoms with Gasteiger partial charge in [0.05, 0.1) is 5.71 Å². The summed E-state index contributed by atoms with van der Waals surface area (Å²) < 4.78 is 0. The molecule has 0 radical (unpaired) electrons. The zero-order chi connectivity index (χ0) is 10.9. The lowest BCUT2D eigenvalue weighted by molar-refractivity contribution is 0.317. The maximum atomic E-state index is 8.88. The average molecular weight is 207 g/mol. The molecule has 4 nitrogen and oxygen atoms in total. The van der Waals surface area contributed by atoms with Gasteiger partial charge in [0.25, 0.3) is 0 Å². The molecular weight excluding hydrogens is 190 g/mol. The average Bonchev–Trinajstić information content (AvgIpc) is 2.30. The highest BCUT2D eigenvalue weighted by atomic mass is 16.4. The molecule has 0 amide bonds. The minimum absolute atomic E-state index is 0.717. The van der Waals surface area contributed by atoms with Gasteiger partial charge in [-0.3, -0.25) is 4.98 Å². The number of pyridine rings is 1. The van der Waals surface area contributed by atoms with E-state index in [4.69, 9.17) is 10.9 Å². The van der Waals surface area contributed by atoms with Gasteiger partial charge in [-0.15, -0.1) is 0 Å². The molecular formula is C11H17N3O. The van der Waals surface area contributed by atoms with Crippen molar-refractivity contribution < 1.29 is 5.21 Å². The summed E-state index contributed by atoms with van der Waals surface area (Å²) in [5.74, 6) is 0. The maximum Gasteiger partial charge on any atom is 0.0868 e. The Balaban J connectivity index is 2.44. The quantitative estimate of drug-likeness (QED) is 0.323. The molecule has 4 heteroatoms. The standard InChI is InChI=1S/C11H17N3O/c12-7-3-1-2-4-11(14-15)10-5-8-13-9-6-10/h5-6,8-9,15H,1-4,7,12H2/b14-11-. The second-order valence-electron chi connectivity index (χ2n) is 3.38. The Morgan fingerprint density at radius 1 is 1.27 bits per heavy atom. The largest absolute Gasteiger partial charge is 0.411 e. The van der Waals surface area contributed by atoms with Crippen LogP contribution in [0.5, 0.6) is 0 Å². The second kappa shape index (κ2) is 6.95. The molecule has 0 bridgehead atoms. The third-order valence-electron chi connectivity index (χ3n) is 2.25. The zero-order valence-electron chi connectivity index (χ0n) is 8.76. The Morgan fingerprint density at radius 2 is 2.00 bits per heavy atom. The van der Waals surface area contributed by atoms with Crippen LogP contribution < -0.4 is 5.73 Å². The number of rotatable bonds is 6. The lowest BCUT2D eigenvalue weighted by Gasteiger charge is -2.03. The summed E-state index contributed by atoms with van der Waals surface area (Å²) in [6.07, 6.45) is 7.26. The number of oxime groups is 1. The predicted molar refractivity (Wildman–Crippen MR) is 60.1 cm³/mol. The molecule has 1 aromatic heterocycles. The number of hydrogen-bond donors (Lipinski definition) is 2. The van der Waals surface area contributed by atoms with Crippen LogP contribution in [0.15, 0.2) is 29.7 Å². The van der Waals surface area contributed by atoms with Gasteiger partial charge < -0.3 is 10.9 Å². The van der Waals surface area contributed by atoms with Crippen molar-refractivity contribution in [1.29, 1.82) is 0 Å². The molecule has 0 unspecified atom stereocenters.